The number of anilines is 1. The highest BCUT2D eigenvalue weighted by molar-refractivity contribution is 6.01. The van der Waals surface area contributed by atoms with Gasteiger partial charge in [0.25, 0.3) is 0 Å². The zero-order valence-corrected chi connectivity index (χ0v) is 10.1. The van der Waals surface area contributed by atoms with Gasteiger partial charge in [0, 0.05) is 6.42 Å². The number of benzene rings is 1. The number of hydrogen-bond acceptors (Lipinski definition) is 5. The van der Waals surface area contributed by atoms with Crippen molar-refractivity contribution in [3.8, 4) is 0 Å². The van der Waals surface area contributed by atoms with Crippen LogP contribution in [0.15, 0.2) is 30.5 Å². The molecule has 2 aromatic rings. The van der Waals surface area contributed by atoms with Gasteiger partial charge in [-0.1, -0.05) is 12.1 Å². The second-order valence-electron chi connectivity index (χ2n) is 4.39. The summed E-state index contributed by atoms with van der Waals surface area (Å²) in [4.78, 5) is 31.3. The highest BCUT2D eigenvalue weighted by Gasteiger charge is 2.26. The summed E-state index contributed by atoms with van der Waals surface area (Å²) in [6.07, 6.45) is 2.40. The van der Waals surface area contributed by atoms with Gasteiger partial charge in [0.05, 0.1) is 17.2 Å². The molecule has 1 atom stereocenters. The normalized spacial score (nSPS) is 19.3. The summed E-state index contributed by atoms with van der Waals surface area (Å²) < 4.78 is 0. The molecule has 3 rings (SSSR count). The molecule has 0 spiro atoms. The Labute approximate surface area is 109 Å². The van der Waals surface area contributed by atoms with Crippen molar-refractivity contribution < 1.29 is 9.59 Å². The topological polar surface area (TPSA) is 84.0 Å². The minimum absolute atomic E-state index is 0.229. The third-order valence-corrected chi connectivity index (χ3v) is 3.01. The fourth-order valence-electron chi connectivity index (χ4n) is 2.04. The summed E-state index contributed by atoms with van der Waals surface area (Å²) in [6, 6.07) is 7.07. The van der Waals surface area contributed by atoms with Crippen molar-refractivity contribution in [1.82, 2.24) is 15.3 Å². The van der Waals surface area contributed by atoms with Crippen LogP contribution in [0, 0.1) is 0 Å². The Hall–Kier alpha value is -2.50. The third kappa shape index (κ3) is 2.37. The smallest absolute Gasteiger partial charge is 0.249 e. The first-order valence-electron chi connectivity index (χ1n) is 6.04. The lowest BCUT2D eigenvalue weighted by Gasteiger charge is -2.22. The number of aromatic nitrogens is 2. The molecule has 2 heterocycles. The summed E-state index contributed by atoms with van der Waals surface area (Å²) in [6.45, 7) is 0. The Balaban J connectivity index is 1.81. The van der Waals surface area contributed by atoms with Crippen LogP contribution in [0.1, 0.15) is 12.8 Å². The molecule has 96 valence electrons. The number of carbonyl (C=O) groups is 2. The molecule has 1 aliphatic rings. The van der Waals surface area contributed by atoms with Crippen LogP contribution >= 0.6 is 0 Å². The van der Waals surface area contributed by atoms with Gasteiger partial charge in [-0.25, -0.2) is 4.98 Å². The number of fused-ring (bicyclic) bond motifs is 1. The molecule has 6 heteroatoms. The second-order valence-corrected chi connectivity index (χ2v) is 4.39. The number of piperidine rings is 1. The lowest BCUT2D eigenvalue weighted by atomic mass is 10.1. The molecule has 0 radical (unpaired) electrons. The first-order chi connectivity index (χ1) is 9.22. The Morgan fingerprint density at radius 1 is 1.21 bits per heavy atom. The van der Waals surface area contributed by atoms with E-state index >= 15 is 0 Å². The molecule has 1 fully saturated rings. The van der Waals surface area contributed by atoms with E-state index in [0.29, 0.717) is 18.7 Å². The molecule has 0 bridgehead atoms. The molecule has 1 aliphatic heterocycles. The number of nitrogens with zero attached hydrogens (tertiary/aromatic N) is 2. The average Bonchev–Trinajstić information content (AvgIpc) is 2.42. The van der Waals surface area contributed by atoms with Gasteiger partial charge in [-0.3, -0.25) is 19.9 Å². The third-order valence-electron chi connectivity index (χ3n) is 3.01. The van der Waals surface area contributed by atoms with Gasteiger partial charge in [0.15, 0.2) is 0 Å². The standard InChI is InChI=1S/C13H12N4O2/c18-12-6-5-10(13(19)17-12)16-11-7-14-8-3-1-2-4-9(8)15-11/h1-4,7,10H,5-6H2,(H,15,16)(H,17,18,19)/t10-/m0/s1. The monoisotopic (exact) mass is 256 g/mol. The van der Waals surface area contributed by atoms with Gasteiger partial charge in [-0.05, 0) is 18.6 Å². The molecule has 6 nitrogen and oxygen atoms in total. The molecule has 2 N–H and O–H groups in total. The van der Waals surface area contributed by atoms with Crippen LogP contribution in [0.2, 0.25) is 0 Å². The first-order valence-corrected chi connectivity index (χ1v) is 6.04. The Morgan fingerprint density at radius 2 is 2.00 bits per heavy atom. The zero-order chi connectivity index (χ0) is 13.2. The zero-order valence-electron chi connectivity index (χ0n) is 10.1. The molecule has 19 heavy (non-hydrogen) atoms. The highest BCUT2D eigenvalue weighted by Crippen LogP contribution is 2.14. The van der Waals surface area contributed by atoms with E-state index in [1.54, 1.807) is 6.20 Å². The van der Waals surface area contributed by atoms with Crippen LogP contribution in [0.25, 0.3) is 11.0 Å². The SMILES string of the molecule is O=C1CC[C@H](Nc2cnc3ccccc3n2)C(=O)N1. The van der Waals surface area contributed by atoms with Gasteiger partial charge in [-0.15, -0.1) is 0 Å². The molecule has 1 aromatic carbocycles. The summed E-state index contributed by atoms with van der Waals surface area (Å²) >= 11 is 0. The van der Waals surface area contributed by atoms with E-state index in [1.807, 2.05) is 24.3 Å². The van der Waals surface area contributed by atoms with Crippen molar-refractivity contribution >= 4 is 28.7 Å². The van der Waals surface area contributed by atoms with Gasteiger partial charge in [0.1, 0.15) is 11.9 Å². The average molecular weight is 256 g/mol. The van der Waals surface area contributed by atoms with Gasteiger partial charge >= 0.3 is 0 Å². The van der Waals surface area contributed by atoms with Crippen LogP contribution in [-0.4, -0.2) is 27.8 Å². The highest BCUT2D eigenvalue weighted by atomic mass is 16.2. The summed E-state index contributed by atoms with van der Waals surface area (Å²) in [7, 11) is 0. The number of amides is 2. The number of nitrogens with one attached hydrogen (secondary N) is 2. The van der Waals surface area contributed by atoms with Crippen LogP contribution in [-0.2, 0) is 9.59 Å². The van der Waals surface area contributed by atoms with E-state index in [9.17, 15) is 9.59 Å². The predicted octanol–water partition coefficient (Wildman–Crippen LogP) is 0.847. The predicted molar refractivity (Wildman–Crippen MR) is 69.3 cm³/mol. The maximum Gasteiger partial charge on any atom is 0.249 e. The van der Waals surface area contributed by atoms with Crippen molar-refractivity contribution in [3.05, 3.63) is 30.5 Å². The summed E-state index contributed by atoms with van der Waals surface area (Å²) in [5, 5.41) is 5.30. The molecule has 0 aliphatic carbocycles. The van der Waals surface area contributed by atoms with E-state index < -0.39 is 6.04 Å². The number of imide groups is 1. The van der Waals surface area contributed by atoms with E-state index in [4.69, 9.17) is 0 Å². The van der Waals surface area contributed by atoms with Gasteiger partial charge in [0.2, 0.25) is 11.8 Å². The Bertz CT molecular complexity index is 656. The summed E-state index contributed by atoms with van der Waals surface area (Å²) in [5.41, 5.74) is 1.57. The van der Waals surface area contributed by atoms with Crippen molar-refractivity contribution in [2.75, 3.05) is 5.32 Å². The number of hydrogen-bond donors (Lipinski definition) is 2. The molecule has 2 amide bonds. The van der Waals surface area contributed by atoms with E-state index in [-0.39, 0.29) is 11.8 Å². The molecule has 0 unspecified atom stereocenters. The minimum atomic E-state index is -0.437. The molecule has 1 saturated heterocycles. The van der Waals surface area contributed by atoms with Crippen molar-refractivity contribution in [2.45, 2.75) is 18.9 Å². The Morgan fingerprint density at radius 3 is 2.79 bits per heavy atom. The lowest BCUT2D eigenvalue weighted by molar-refractivity contribution is -0.133. The van der Waals surface area contributed by atoms with Crippen molar-refractivity contribution in [1.29, 1.82) is 0 Å². The van der Waals surface area contributed by atoms with Gasteiger partial charge in [-0.2, -0.15) is 0 Å². The van der Waals surface area contributed by atoms with E-state index in [2.05, 4.69) is 20.6 Å². The fraction of sp³-hybridized carbons (Fsp3) is 0.231. The quantitative estimate of drug-likeness (QED) is 0.778. The summed E-state index contributed by atoms with van der Waals surface area (Å²) in [5.74, 6) is -0.00736. The first kappa shape index (κ1) is 11.6. The molecular formula is C13H12N4O2. The van der Waals surface area contributed by atoms with E-state index in [0.717, 1.165) is 11.0 Å². The number of carbonyl (C=O) groups excluding carboxylic acids is 2. The van der Waals surface area contributed by atoms with Crippen LogP contribution in [0.4, 0.5) is 5.82 Å². The van der Waals surface area contributed by atoms with Gasteiger partial charge < -0.3 is 5.32 Å². The Kier molecular flexibility index (Phi) is 2.83. The van der Waals surface area contributed by atoms with Crippen LogP contribution < -0.4 is 10.6 Å². The minimum Gasteiger partial charge on any atom is -0.357 e. The van der Waals surface area contributed by atoms with E-state index in [1.165, 1.54) is 0 Å². The van der Waals surface area contributed by atoms with Crippen LogP contribution in [0.3, 0.4) is 0 Å². The molecule has 1 aromatic heterocycles. The second kappa shape index (κ2) is 4.64. The largest absolute Gasteiger partial charge is 0.357 e. The number of para-hydroxylation sites is 2. The van der Waals surface area contributed by atoms with Crippen molar-refractivity contribution in [3.63, 3.8) is 0 Å². The maximum atomic E-state index is 11.6. The molecular weight excluding hydrogens is 244 g/mol. The lowest BCUT2D eigenvalue weighted by Crippen LogP contribution is -2.47. The fourth-order valence-corrected chi connectivity index (χ4v) is 2.04. The van der Waals surface area contributed by atoms with Crippen molar-refractivity contribution in [2.24, 2.45) is 0 Å². The van der Waals surface area contributed by atoms with Crippen LogP contribution in [0.5, 0.6) is 0 Å². The molecule has 0 saturated carbocycles. The maximum absolute atomic E-state index is 11.6. The number of rotatable bonds is 2.